The fourth-order valence-electron chi connectivity index (χ4n) is 0.612. The second-order valence-corrected chi connectivity index (χ2v) is 1.85. The molecule has 0 fully saturated rings. The number of nitrogens with zero attached hydrogens (tertiary/aromatic N) is 2. The van der Waals surface area contributed by atoms with Crippen LogP contribution >= 0.6 is 0 Å². The van der Waals surface area contributed by atoms with Crippen LogP contribution in [0.5, 0.6) is 0 Å². The highest BCUT2D eigenvalue weighted by Crippen LogP contribution is 1.98. The minimum Gasteiger partial charge on any atom is -0.265 e. The van der Waals surface area contributed by atoms with E-state index in [9.17, 15) is 9.70 Å². The van der Waals surface area contributed by atoms with Crippen molar-refractivity contribution in [3.8, 4) is 0 Å². The molecule has 1 aromatic rings. The molecule has 0 spiro atoms. The van der Waals surface area contributed by atoms with Crippen molar-refractivity contribution < 1.29 is 19.9 Å². The van der Waals surface area contributed by atoms with E-state index in [1.807, 2.05) is 0 Å². The Labute approximate surface area is 66.9 Å². The van der Waals surface area contributed by atoms with Gasteiger partial charge in [-0.1, -0.05) is 4.84 Å². The average Bonchev–Trinajstić information content (AvgIpc) is 2.05. The molecule has 0 amide bonds. The van der Waals surface area contributed by atoms with E-state index in [-0.39, 0.29) is 5.56 Å². The van der Waals surface area contributed by atoms with Crippen LogP contribution in [0.2, 0.25) is 0 Å². The van der Waals surface area contributed by atoms with Crippen molar-refractivity contribution >= 4 is 5.97 Å². The van der Waals surface area contributed by atoms with Gasteiger partial charge in [0.25, 0.3) is 0 Å². The molecule has 1 aromatic heterocycles. The van der Waals surface area contributed by atoms with Gasteiger partial charge >= 0.3 is 11.1 Å². The molecule has 0 saturated carbocycles. The maximum Gasteiger partial charge on any atom is 0.484 e. The number of pyridine rings is 1. The highest BCUT2D eigenvalue weighted by atomic mass is 17.0. The highest BCUT2D eigenvalue weighted by Gasteiger charge is 2.17. The molecule has 0 aliphatic heterocycles. The molecular formula is C6H5N2O4+. The first-order valence-electron chi connectivity index (χ1n) is 2.98. The first-order chi connectivity index (χ1) is 5.70. The second-order valence-electron chi connectivity index (χ2n) is 1.85. The first kappa shape index (κ1) is 8.12. The Morgan fingerprint density at radius 2 is 2.08 bits per heavy atom. The summed E-state index contributed by atoms with van der Waals surface area (Å²) in [5, 5.41) is 7.10. The summed E-state index contributed by atoms with van der Waals surface area (Å²) in [5.41, 5.74) is 0.139. The van der Waals surface area contributed by atoms with E-state index in [0.717, 1.165) is 0 Å². The Kier molecular flexibility index (Phi) is 2.32. The van der Waals surface area contributed by atoms with Crippen LogP contribution in [-0.2, 0) is 4.84 Å². The number of aromatic nitrogens is 1. The van der Waals surface area contributed by atoms with E-state index in [1.165, 1.54) is 24.5 Å². The third-order valence-electron chi connectivity index (χ3n) is 1.08. The van der Waals surface area contributed by atoms with Gasteiger partial charge in [-0.3, -0.25) is 4.98 Å². The molecule has 0 aliphatic carbocycles. The van der Waals surface area contributed by atoms with Gasteiger partial charge in [0, 0.05) is 12.4 Å². The minimum absolute atomic E-state index is 0.139. The Hall–Kier alpha value is -1.98. The standard InChI is InChI=1S/C6H5N2O4/c9-6(12-8(10)11)5-1-3-7-4-2-5/h1-4H,(H,10,11)/q+1. The molecule has 0 atom stereocenters. The molecule has 0 aliphatic rings. The summed E-state index contributed by atoms with van der Waals surface area (Å²) in [4.78, 5) is 28.1. The minimum atomic E-state index is -0.935. The molecule has 62 valence electrons. The van der Waals surface area contributed by atoms with Gasteiger partial charge in [-0.2, -0.15) is 5.21 Å². The molecule has 1 N–H and O–H groups in total. The normalized spacial score (nSPS) is 9.00. The molecule has 6 nitrogen and oxygen atoms in total. The van der Waals surface area contributed by atoms with Crippen LogP contribution in [0, 0.1) is 4.91 Å². The molecule has 1 rings (SSSR count). The Morgan fingerprint density at radius 3 is 2.58 bits per heavy atom. The third-order valence-corrected chi connectivity index (χ3v) is 1.08. The lowest BCUT2D eigenvalue weighted by Gasteiger charge is -1.89. The van der Waals surface area contributed by atoms with Crippen molar-refractivity contribution in [2.75, 3.05) is 0 Å². The summed E-state index contributed by atoms with van der Waals surface area (Å²) in [7, 11) is 0. The Balaban J connectivity index is 2.73. The maximum absolute atomic E-state index is 10.8. The van der Waals surface area contributed by atoms with E-state index >= 15 is 0 Å². The van der Waals surface area contributed by atoms with Crippen molar-refractivity contribution in [1.82, 2.24) is 4.98 Å². The predicted molar refractivity (Wildman–Crippen MR) is 35.1 cm³/mol. The van der Waals surface area contributed by atoms with Gasteiger partial charge in [-0.15, -0.1) is 0 Å². The number of hydrogen-bond acceptors (Lipinski definition) is 4. The zero-order valence-electron chi connectivity index (χ0n) is 5.88. The average molecular weight is 169 g/mol. The summed E-state index contributed by atoms with van der Waals surface area (Å²) in [6.45, 7) is 0. The zero-order valence-corrected chi connectivity index (χ0v) is 5.88. The van der Waals surface area contributed by atoms with Crippen LogP contribution in [0.1, 0.15) is 10.4 Å². The van der Waals surface area contributed by atoms with Gasteiger partial charge in [0.15, 0.2) is 0 Å². The van der Waals surface area contributed by atoms with Gasteiger partial charge < -0.3 is 0 Å². The number of hydrogen-bond donors (Lipinski definition) is 1. The third kappa shape index (κ3) is 2.01. The fourth-order valence-corrected chi connectivity index (χ4v) is 0.612. The maximum atomic E-state index is 10.8. The van der Waals surface area contributed by atoms with E-state index in [0.29, 0.717) is 0 Å². The van der Waals surface area contributed by atoms with E-state index in [4.69, 9.17) is 5.21 Å². The van der Waals surface area contributed by atoms with Crippen LogP contribution in [0.4, 0.5) is 0 Å². The summed E-state index contributed by atoms with van der Waals surface area (Å²) in [6.07, 6.45) is 2.73. The van der Waals surface area contributed by atoms with Gasteiger partial charge in [0.1, 0.15) is 4.91 Å². The predicted octanol–water partition coefficient (Wildman–Crippen LogP) is 0.321. The number of rotatable bonds is 2. The molecule has 1 heterocycles. The van der Waals surface area contributed by atoms with Gasteiger partial charge in [0.05, 0.1) is 5.56 Å². The van der Waals surface area contributed by atoms with Crippen molar-refractivity contribution in [3.05, 3.63) is 35.0 Å². The van der Waals surface area contributed by atoms with E-state index < -0.39 is 11.1 Å². The SMILES string of the molecule is O=C(O[N+](=O)O)c1ccncc1. The van der Waals surface area contributed by atoms with Gasteiger partial charge in [-0.25, -0.2) is 4.79 Å². The molecule has 0 unspecified atom stereocenters. The molecule has 0 bridgehead atoms. The molecule has 0 saturated heterocycles. The summed E-state index contributed by atoms with van der Waals surface area (Å²) < 4.78 is 0. The Bertz CT molecular complexity index is 298. The largest absolute Gasteiger partial charge is 0.484 e. The van der Waals surface area contributed by atoms with Crippen molar-refractivity contribution in [2.45, 2.75) is 0 Å². The van der Waals surface area contributed by atoms with Crippen LogP contribution in [0.3, 0.4) is 0 Å². The van der Waals surface area contributed by atoms with Crippen LogP contribution in [0.15, 0.2) is 24.5 Å². The number of carbonyl (C=O) groups is 1. The van der Waals surface area contributed by atoms with Crippen LogP contribution in [0.25, 0.3) is 0 Å². The summed E-state index contributed by atoms with van der Waals surface area (Å²) in [5.74, 6) is -0.935. The Morgan fingerprint density at radius 1 is 1.50 bits per heavy atom. The summed E-state index contributed by atoms with van der Waals surface area (Å²) >= 11 is 0. The monoisotopic (exact) mass is 169 g/mol. The lowest BCUT2D eigenvalue weighted by Crippen LogP contribution is -2.11. The van der Waals surface area contributed by atoms with Crippen molar-refractivity contribution in [2.24, 2.45) is 0 Å². The molecule has 0 radical (unpaired) electrons. The molecule has 6 heteroatoms. The lowest BCUT2D eigenvalue weighted by atomic mass is 10.3. The highest BCUT2D eigenvalue weighted by molar-refractivity contribution is 5.88. The molecule has 12 heavy (non-hydrogen) atoms. The number of carbonyl (C=O) groups excluding carboxylic acids is 1. The second kappa shape index (κ2) is 3.42. The van der Waals surface area contributed by atoms with Crippen LogP contribution < -0.4 is 0 Å². The zero-order chi connectivity index (χ0) is 8.97. The first-order valence-corrected chi connectivity index (χ1v) is 2.98. The smallest absolute Gasteiger partial charge is 0.265 e. The van der Waals surface area contributed by atoms with E-state index in [1.54, 1.807) is 0 Å². The fraction of sp³-hybridized carbons (Fsp3) is 0. The van der Waals surface area contributed by atoms with Gasteiger partial charge in [0.2, 0.25) is 0 Å². The van der Waals surface area contributed by atoms with Gasteiger partial charge in [-0.05, 0) is 12.1 Å². The molecule has 0 aromatic carbocycles. The molecular weight excluding hydrogens is 164 g/mol. The quantitative estimate of drug-likeness (QED) is 0.645. The van der Waals surface area contributed by atoms with Crippen LogP contribution in [-0.4, -0.2) is 21.2 Å². The lowest BCUT2D eigenvalue weighted by molar-refractivity contribution is -0.956. The van der Waals surface area contributed by atoms with Crippen molar-refractivity contribution in [1.29, 1.82) is 0 Å². The van der Waals surface area contributed by atoms with E-state index in [2.05, 4.69) is 9.82 Å². The van der Waals surface area contributed by atoms with Crippen molar-refractivity contribution in [3.63, 3.8) is 0 Å². The topological polar surface area (TPSA) is 79.5 Å². The summed E-state index contributed by atoms with van der Waals surface area (Å²) in [6, 6.07) is 2.71.